The normalized spacial score (nSPS) is 19.5. The number of carbonyl (C=O) groups excluding carboxylic acids is 1. The fourth-order valence-electron chi connectivity index (χ4n) is 2.49. The topological polar surface area (TPSA) is 40.5 Å². The van der Waals surface area contributed by atoms with E-state index in [0.29, 0.717) is 23.4 Å². The van der Waals surface area contributed by atoms with E-state index in [0.717, 1.165) is 25.8 Å². The van der Waals surface area contributed by atoms with Crippen molar-refractivity contribution >= 4 is 29.1 Å². The summed E-state index contributed by atoms with van der Waals surface area (Å²) in [4.78, 5) is 14.2. The fourth-order valence-corrected chi connectivity index (χ4v) is 2.97. The van der Waals surface area contributed by atoms with Gasteiger partial charge in [-0.2, -0.15) is 0 Å². The zero-order chi connectivity index (χ0) is 13.8. The van der Waals surface area contributed by atoms with Gasteiger partial charge < -0.3 is 10.0 Å². The average molecular weight is 302 g/mol. The second-order valence-corrected chi connectivity index (χ2v) is 5.71. The highest BCUT2D eigenvalue weighted by molar-refractivity contribution is 6.31. The Morgan fingerprint density at radius 3 is 3.00 bits per heavy atom. The maximum Gasteiger partial charge on any atom is 0.257 e. The van der Waals surface area contributed by atoms with E-state index in [1.165, 1.54) is 12.1 Å². The van der Waals surface area contributed by atoms with Crippen molar-refractivity contribution < 1.29 is 9.90 Å². The minimum Gasteiger partial charge on any atom is -0.507 e. The van der Waals surface area contributed by atoms with Gasteiger partial charge in [-0.05, 0) is 43.4 Å². The Kier molecular flexibility index (Phi) is 4.94. The van der Waals surface area contributed by atoms with Gasteiger partial charge in [0.2, 0.25) is 0 Å². The molecule has 3 nitrogen and oxygen atoms in total. The van der Waals surface area contributed by atoms with Crippen molar-refractivity contribution in [3.8, 4) is 5.75 Å². The summed E-state index contributed by atoms with van der Waals surface area (Å²) in [7, 11) is 0. The number of piperidine rings is 1. The van der Waals surface area contributed by atoms with Crippen molar-refractivity contribution in [1.29, 1.82) is 0 Å². The maximum atomic E-state index is 12.4. The van der Waals surface area contributed by atoms with Crippen molar-refractivity contribution in [1.82, 2.24) is 4.90 Å². The van der Waals surface area contributed by atoms with Crippen LogP contribution in [0.1, 0.15) is 29.6 Å². The van der Waals surface area contributed by atoms with Crippen LogP contribution in [0.4, 0.5) is 0 Å². The van der Waals surface area contributed by atoms with Crippen LogP contribution < -0.4 is 0 Å². The minimum atomic E-state index is -0.153. The van der Waals surface area contributed by atoms with E-state index in [9.17, 15) is 9.90 Å². The van der Waals surface area contributed by atoms with Crippen LogP contribution in [0, 0.1) is 5.92 Å². The number of halogens is 2. The highest BCUT2D eigenvalue weighted by Crippen LogP contribution is 2.26. The van der Waals surface area contributed by atoms with Gasteiger partial charge >= 0.3 is 0 Å². The summed E-state index contributed by atoms with van der Waals surface area (Å²) in [5.41, 5.74) is 0.277. The largest absolute Gasteiger partial charge is 0.507 e. The number of nitrogens with zero attached hydrogens (tertiary/aromatic N) is 1. The van der Waals surface area contributed by atoms with Crippen molar-refractivity contribution in [2.45, 2.75) is 19.3 Å². The van der Waals surface area contributed by atoms with Crippen molar-refractivity contribution in [3.05, 3.63) is 28.8 Å². The number of alkyl halides is 1. The quantitative estimate of drug-likeness (QED) is 0.868. The van der Waals surface area contributed by atoms with E-state index in [1.54, 1.807) is 11.0 Å². The number of hydrogen-bond acceptors (Lipinski definition) is 2. The summed E-state index contributed by atoms with van der Waals surface area (Å²) in [6, 6.07) is 4.54. The molecule has 0 aromatic heterocycles. The summed E-state index contributed by atoms with van der Waals surface area (Å²) < 4.78 is 0. The van der Waals surface area contributed by atoms with Gasteiger partial charge in [-0.3, -0.25) is 4.79 Å². The molecule has 1 aliphatic rings. The van der Waals surface area contributed by atoms with Gasteiger partial charge in [0.25, 0.3) is 5.91 Å². The zero-order valence-electron chi connectivity index (χ0n) is 10.6. The Hall–Kier alpha value is -0.930. The highest BCUT2D eigenvalue weighted by atomic mass is 35.5. The van der Waals surface area contributed by atoms with Crippen LogP contribution in [0.25, 0.3) is 0 Å². The van der Waals surface area contributed by atoms with Gasteiger partial charge in [0.1, 0.15) is 5.75 Å². The number of rotatable bonds is 3. The Bertz CT molecular complexity index is 463. The number of phenols is 1. The molecular weight excluding hydrogens is 285 g/mol. The molecule has 1 amide bonds. The third-order valence-corrected chi connectivity index (χ3v) is 3.97. The van der Waals surface area contributed by atoms with Crippen LogP contribution in [0.15, 0.2) is 18.2 Å². The van der Waals surface area contributed by atoms with Crippen molar-refractivity contribution in [2.24, 2.45) is 5.92 Å². The van der Waals surface area contributed by atoms with E-state index < -0.39 is 0 Å². The average Bonchev–Trinajstić information content (AvgIpc) is 2.41. The summed E-state index contributed by atoms with van der Waals surface area (Å²) >= 11 is 11.6. The number of benzene rings is 1. The van der Waals surface area contributed by atoms with Crippen LogP contribution in [-0.2, 0) is 0 Å². The lowest BCUT2D eigenvalue weighted by Gasteiger charge is -2.32. The molecule has 1 unspecified atom stereocenters. The second kappa shape index (κ2) is 6.49. The van der Waals surface area contributed by atoms with Crippen molar-refractivity contribution in [3.63, 3.8) is 0 Å². The lowest BCUT2D eigenvalue weighted by Crippen LogP contribution is -2.40. The van der Waals surface area contributed by atoms with Crippen LogP contribution >= 0.6 is 23.2 Å². The fraction of sp³-hybridized carbons (Fsp3) is 0.500. The van der Waals surface area contributed by atoms with Gasteiger partial charge in [0, 0.05) is 24.0 Å². The van der Waals surface area contributed by atoms with Crippen LogP contribution in [-0.4, -0.2) is 34.9 Å². The SMILES string of the molecule is O=C(c1cc(Cl)ccc1O)N1CCCC(CCCl)C1. The molecule has 0 radical (unpaired) electrons. The molecule has 104 valence electrons. The Morgan fingerprint density at radius 1 is 1.47 bits per heavy atom. The number of phenolic OH excluding ortho intramolecular Hbond substituents is 1. The predicted octanol–water partition coefficient (Wildman–Crippen LogP) is 3.53. The molecule has 1 aliphatic heterocycles. The molecule has 1 atom stereocenters. The molecule has 0 spiro atoms. The zero-order valence-corrected chi connectivity index (χ0v) is 12.1. The maximum absolute atomic E-state index is 12.4. The van der Waals surface area contributed by atoms with E-state index in [-0.39, 0.29) is 17.2 Å². The molecule has 0 saturated carbocycles. The van der Waals surface area contributed by atoms with Crippen LogP contribution in [0.5, 0.6) is 5.75 Å². The van der Waals surface area contributed by atoms with Gasteiger partial charge in [-0.25, -0.2) is 0 Å². The van der Waals surface area contributed by atoms with Gasteiger partial charge in [0.05, 0.1) is 5.56 Å². The number of carbonyl (C=O) groups is 1. The molecule has 1 aromatic carbocycles. The molecule has 1 aromatic rings. The lowest BCUT2D eigenvalue weighted by molar-refractivity contribution is 0.0668. The standard InChI is InChI=1S/C14H17Cl2NO2/c15-6-5-10-2-1-7-17(9-10)14(19)12-8-11(16)3-4-13(12)18/h3-4,8,10,18H,1-2,5-7,9H2. The Labute approximate surface area is 123 Å². The molecule has 1 heterocycles. The van der Waals surface area contributed by atoms with Crippen molar-refractivity contribution in [2.75, 3.05) is 19.0 Å². The number of likely N-dealkylation sites (tertiary alicyclic amines) is 1. The molecular formula is C14H17Cl2NO2. The summed E-state index contributed by atoms with van der Waals surface area (Å²) in [5, 5.41) is 10.2. The number of amides is 1. The molecule has 1 N–H and O–H groups in total. The Balaban J connectivity index is 2.12. The van der Waals surface area contributed by atoms with Crippen LogP contribution in [0.3, 0.4) is 0 Å². The molecule has 2 rings (SSSR count). The van der Waals surface area contributed by atoms with Gasteiger partial charge in [-0.15, -0.1) is 11.6 Å². The monoisotopic (exact) mass is 301 g/mol. The van der Waals surface area contributed by atoms with E-state index in [2.05, 4.69) is 0 Å². The van der Waals surface area contributed by atoms with E-state index in [4.69, 9.17) is 23.2 Å². The highest BCUT2D eigenvalue weighted by Gasteiger charge is 2.25. The first-order valence-corrected chi connectivity index (χ1v) is 7.37. The molecule has 5 heteroatoms. The predicted molar refractivity (Wildman–Crippen MR) is 77.1 cm³/mol. The number of hydrogen-bond donors (Lipinski definition) is 1. The minimum absolute atomic E-state index is 0.0196. The van der Waals surface area contributed by atoms with E-state index in [1.807, 2.05) is 0 Å². The first-order chi connectivity index (χ1) is 9.11. The lowest BCUT2D eigenvalue weighted by atomic mass is 9.95. The van der Waals surface area contributed by atoms with Gasteiger partial charge in [-0.1, -0.05) is 11.6 Å². The van der Waals surface area contributed by atoms with Crippen LogP contribution in [0.2, 0.25) is 5.02 Å². The number of aromatic hydroxyl groups is 1. The third kappa shape index (κ3) is 3.54. The summed E-state index contributed by atoms with van der Waals surface area (Å²) in [6.07, 6.45) is 3.01. The van der Waals surface area contributed by atoms with Gasteiger partial charge in [0.15, 0.2) is 0 Å². The third-order valence-electron chi connectivity index (χ3n) is 3.51. The summed E-state index contributed by atoms with van der Waals surface area (Å²) in [6.45, 7) is 1.43. The van der Waals surface area contributed by atoms with E-state index >= 15 is 0 Å². The first-order valence-electron chi connectivity index (χ1n) is 6.45. The first kappa shape index (κ1) is 14.5. The molecule has 19 heavy (non-hydrogen) atoms. The molecule has 1 fully saturated rings. The molecule has 0 bridgehead atoms. The second-order valence-electron chi connectivity index (χ2n) is 4.90. The molecule has 1 saturated heterocycles. The molecule has 0 aliphatic carbocycles. The summed E-state index contributed by atoms with van der Waals surface area (Å²) in [5.74, 6) is 0.902. The smallest absolute Gasteiger partial charge is 0.257 e. The Morgan fingerprint density at radius 2 is 2.26 bits per heavy atom.